The van der Waals surface area contributed by atoms with Gasteiger partial charge in [-0.1, -0.05) is 11.6 Å². The lowest BCUT2D eigenvalue weighted by atomic mass is 10.3. The molecule has 0 aliphatic rings. The summed E-state index contributed by atoms with van der Waals surface area (Å²) >= 11 is 5.87. The maximum absolute atomic E-state index is 10.1. The van der Waals surface area contributed by atoms with Crippen molar-refractivity contribution in [1.82, 2.24) is 9.78 Å². The van der Waals surface area contributed by atoms with Gasteiger partial charge >= 0.3 is 0 Å². The van der Waals surface area contributed by atoms with E-state index in [2.05, 4.69) is 5.10 Å². The molecule has 1 aromatic heterocycles. The minimum atomic E-state index is -0.308. The molecular weight excluding hydrogens is 270 g/mol. The predicted molar refractivity (Wildman–Crippen MR) is 72.0 cm³/mol. The van der Waals surface area contributed by atoms with Crippen molar-refractivity contribution in [3.63, 3.8) is 0 Å². The Balaban J connectivity index is 2.36. The fraction of sp³-hybridized carbons (Fsp3) is 0.0909. The smallest absolute Gasteiger partial charge is 0.248 e. The van der Waals surface area contributed by atoms with Gasteiger partial charge in [-0.3, -0.25) is 10.6 Å². The highest BCUT2D eigenvalue weighted by Crippen LogP contribution is 2.30. The minimum absolute atomic E-state index is 0.231. The van der Waals surface area contributed by atoms with E-state index in [4.69, 9.17) is 27.5 Å². The van der Waals surface area contributed by atoms with Crippen molar-refractivity contribution in [3.8, 4) is 5.75 Å². The molecule has 1 heterocycles. The number of nitrogen functional groups attached to an aromatic ring is 1. The monoisotopic (exact) mass is 281 g/mol. The lowest BCUT2D eigenvalue weighted by Crippen LogP contribution is -2.33. The van der Waals surface area contributed by atoms with Gasteiger partial charge in [0, 0.05) is 5.02 Å². The van der Waals surface area contributed by atoms with Crippen molar-refractivity contribution in [1.29, 1.82) is 5.41 Å². The topological polar surface area (TPSA) is 100 Å². The first kappa shape index (κ1) is 13.2. The van der Waals surface area contributed by atoms with Gasteiger partial charge in [0.15, 0.2) is 0 Å². The molecule has 2 rings (SSSR count). The van der Waals surface area contributed by atoms with Crippen LogP contribution in [0.3, 0.4) is 0 Å². The Morgan fingerprint density at radius 2 is 2.32 bits per heavy atom. The van der Waals surface area contributed by atoms with Crippen molar-refractivity contribution >= 4 is 28.9 Å². The van der Waals surface area contributed by atoms with E-state index in [1.807, 2.05) is 0 Å². The molecule has 0 radical (unpaired) electrons. The third kappa shape index (κ3) is 2.61. The Hall–Kier alpha value is -2.25. The number of nitrogens with two attached hydrogens (primary N) is 1. The maximum Gasteiger partial charge on any atom is 0.248 e. The normalized spacial score (nSPS) is 10.3. The molecule has 2 aromatic rings. The number of anilines is 2. The van der Waals surface area contributed by atoms with Crippen LogP contribution in [0.5, 0.6) is 5.75 Å². The molecule has 0 saturated heterocycles. The summed E-state index contributed by atoms with van der Waals surface area (Å²) in [4.78, 5) is 0. The van der Waals surface area contributed by atoms with Crippen molar-refractivity contribution < 1.29 is 9.94 Å². The number of nitrogens with one attached hydrogen (secondary N) is 1. The Morgan fingerprint density at radius 1 is 1.58 bits per heavy atom. The van der Waals surface area contributed by atoms with Crippen LogP contribution in [0.25, 0.3) is 0 Å². The van der Waals surface area contributed by atoms with E-state index in [1.165, 1.54) is 25.6 Å². The molecule has 0 saturated carbocycles. The van der Waals surface area contributed by atoms with Gasteiger partial charge in [-0.15, -0.1) is 0 Å². The minimum Gasteiger partial charge on any atom is -0.494 e. The number of hydrogen-bond acceptors (Lipinski definition) is 5. The van der Waals surface area contributed by atoms with Crippen molar-refractivity contribution in [3.05, 3.63) is 35.6 Å². The summed E-state index contributed by atoms with van der Waals surface area (Å²) < 4.78 is 6.22. The van der Waals surface area contributed by atoms with E-state index in [1.54, 1.807) is 12.1 Å². The largest absolute Gasteiger partial charge is 0.494 e. The van der Waals surface area contributed by atoms with E-state index < -0.39 is 0 Å². The Bertz CT molecular complexity index is 613. The zero-order valence-corrected chi connectivity index (χ0v) is 10.8. The summed E-state index contributed by atoms with van der Waals surface area (Å²) in [6.07, 6.45) is 2.78. The van der Waals surface area contributed by atoms with Gasteiger partial charge in [0.25, 0.3) is 0 Å². The first-order valence-electron chi connectivity index (χ1n) is 5.24. The fourth-order valence-corrected chi connectivity index (χ4v) is 1.66. The van der Waals surface area contributed by atoms with Crippen molar-refractivity contribution in [2.24, 2.45) is 0 Å². The zero-order valence-electron chi connectivity index (χ0n) is 10.0. The summed E-state index contributed by atoms with van der Waals surface area (Å²) in [5.74, 6) is 0.0639. The molecular formula is C11H12ClN5O2. The SMILES string of the molecule is COc1ccc(Cl)cc1N(O)C(=N)n1cc(N)cn1. The lowest BCUT2D eigenvalue weighted by Gasteiger charge is -2.19. The highest BCUT2D eigenvalue weighted by atomic mass is 35.5. The summed E-state index contributed by atoms with van der Waals surface area (Å²) in [5, 5.41) is 22.8. The van der Waals surface area contributed by atoms with Gasteiger partial charge in [-0.2, -0.15) is 10.2 Å². The highest BCUT2D eigenvalue weighted by Gasteiger charge is 2.17. The number of rotatable bonds is 2. The van der Waals surface area contributed by atoms with Gasteiger partial charge in [0.05, 0.1) is 25.2 Å². The van der Waals surface area contributed by atoms with E-state index in [0.29, 0.717) is 21.5 Å². The second kappa shape index (κ2) is 5.17. The molecule has 8 heteroatoms. The second-order valence-electron chi connectivity index (χ2n) is 3.67. The van der Waals surface area contributed by atoms with Gasteiger partial charge in [0.2, 0.25) is 5.96 Å². The summed E-state index contributed by atoms with van der Waals surface area (Å²) in [6, 6.07) is 4.68. The number of ether oxygens (including phenoxy) is 1. The molecule has 0 spiro atoms. The van der Waals surface area contributed by atoms with Crippen molar-refractivity contribution in [2.45, 2.75) is 0 Å². The average molecular weight is 282 g/mol. The van der Waals surface area contributed by atoms with Gasteiger partial charge in [0.1, 0.15) is 11.4 Å². The number of nitrogens with zero attached hydrogens (tertiary/aromatic N) is 3. The number of benzene rings is 1. The molecule has 0 amide bonds. The molecule has 0 unspecified atom stereocenters. The van der Waals surface area contributed by atoms with Crippen LogP contribution < -0.4 is 15.5 Å². The number of methoxy groups -OCH3 is 1. The molecule has 0 aliphatic heterocycles. The standard InChI is InChI=1S/C11H12ClN5O2/c1-19-10-3-2-7(12)4-9(10)17(18)11(14)16-6-8(13)5-15-16/h2-6,14,18H,13H2,1H3. The van der Waals surface area contributed by atoms with E-state index in [0.717, 1.165) is 4.68 Å². The number of aromatic nitrogens is 2. The van der Waals surface area contributed by atoms with Gasteiger partial charge < -0.3 is 10.5 Å². The lowest BCUT2D eigenvalue weighted by molar-refractivity contribution is 0.299. The molecule has 0 bridgehead atoms. The van der Waals surface area contributed by atoms with Crippen LogP contribution in [0.15, 0.2) is 30.6 Å². The molecule has 1 aromatic carbocycles. The van der Waals surface area contributed by atoms with E-state index in [-0.39, 0.29) is 11.6 Å². The van der Waals surface area contributed by atoms with Crippen LogP contribution in [0.2, 0.25) is 5.02 Å². The highest BCUT2D eigenvalue weighted by molar-refractivity contribution is 6.31. The molecule has 0 fully saturated rings. The molecule has 0 aliphatic carbocycles. The molecule has 7 nitrogen and oxygen atoms in total. The van der Waals surface area contributed by atoms with Crippen LogP contribution in [-0.2, 0) is 0 Å². The number of hydrogen-bond donors (Lipinski definition) is 3. The Kier molecular flexibility index (Phi) is 3.59. The van der Waals surface area contributed by atoms with Crippen LogP contribution >= 0.6 is 11.6 Å². The average Bonchev–Trinajstić information content (AvgIpc) is 2.83. The van der Waals surface area contributed by atoms with Crippen molar-refractivity contribution in [2.75, 3.05) is 17.9 Å². The molecule has 4 N–H and O–H groups in total. The van der Waals surface area contributed by atoms with Crippen LogP contribution in [0.4, 0.5) is 11.4 Å². The van der Waals surface area contributed by atoms with Crippen LogP contribution in [0.1, 0.15) is 0 Å². The molecule has 0 atom stereocenters. The van der Waals surface area contributed by atoms with Gasteiger partial charge in [-0.05, 0) is 18.2 Å². The summed E-state index contributed by atoms with van der Waals surface area (Å²) in [6.45, 7) is 0. The Morgan fingerprint density at radius 3 is 2.89 bits per heavy atom. The first-order valence-corrected chi connectivity index (χ1v) is 5.62. The third-order valence-electron chi connectivity index (χ3n) is 2.39. The maximum atomic E-state index is 10.1. The number of halogens is 1. The first-order chi connectivity index (χ1) is 9.02. The van der Waals surface area contributed by atoms with E-state index in [9.17, 15) is 5.21 Å². The predicted octanol–water partition coefficient (Wildman–Crippen LogP) is 1.81. The summed E-state index contributed by atoms with van der Waals surface area (Å²) in [5.41, 5.74) is 6.13. The molecule has 19 heavy (non-hydrogen) atoms. The van der Waals surface area contributed by atoms with Crippen LogP contribution in [-0.4, -0.2) is 28.1 Å². The van der Waals surface area contributed by atoms with E-state index >= 15 is 0 Å². The second-order valence-corrected chi connectivity index (χ2v) is 4.11. The van der Waals surface area contributed by atoms with Crippen LogP contribution in [0, 0.1) is 5.41 Å². The number of hydroxylamine groups is 1. The van der Waals surface area contributed by atoms with Gasteiger partial charge in [-0.25, -0.2) is 4.68 Å². The quantitative estimate of drug-likeness (QED) is 0.443. The fourth-order valence-electron chi connectivity index (χ4n) is 1.49. The third-order valence-corrected chi connectivity index (χ3v) is 2.62. The zero-order chi connectivity index (χ0) is 14.0. The molecule has 100 valence electrons. The summed E-state index contributed by atoms with van der Waals surface area (Å²) in [7, 11) is 1.45. The Labute approximate surface area is 114 Å².